The summed E-state index contributed by atoms with van der Waals surface area (Å²) in [5.74, 6) is -1.97. The molecule has 1 fully saturated rings. The maximum absolute atomic E-state index is 11.5. The summed E-state index contributed by atoms with van der Waals surface area (Å²) in [6, 6.07) is 1.88. The minimum Gasteiger partial charge on any atom is -0.469 e. The molecule has 0 unspecified atom stereocenters. The second kappa shape index (κ2) is 3.23. The highest BCUT2D eigenvalue weighted by atomic mass is 16.5. The zero-order valence-electron chi connectivity index (χ0n) is 9.16. The molecule has 0 N–H and O–H groups in total. The summed E-state index contributed by atoms with van der Waals surface area (Å²) in [5.41, 5.74) is -2.13. The quantitative estimate of drug-likeness (QED) is 0.621. The van der Waals surface area contributed by atoms with E-state index in [2.05, 4.69) is 9.47 Å². The first-order chi connectivity index (χ1) is 6.90. The number of esters is 2. The zero-order chi connectivity index (χ0) is 11.9. The van der Waals surface area contributed by atoms with E-state index in [4.69, 9.17) is 5.26 Å². The van der Waals surface area contributed by atoms with Gasteiger partial charge in [0.25, 0.3) is 0 Å². The number of methoxy groups -OCH3 is 2. The molecule has 0 saturated heterocycles. The van der Waals surface area contributed by atoms with E-state index in [0.29, 0.717) is 0 Å². The molecule has 1 saturated carbocycles. The summed E-state index contributed by atoms with van der Waals surface area (Å²) in [6.07, 6.45) is 0. The summed E-state index contributed by atoms with van der Waals surface area (Å²) in [7, 11) is 2.43. The van der Waals surface area contributed by atoms with Crippen molar-refractivity contribution in [3.8, 4) is 6.07 Å². The highest BCUT2D eigenvalue weighted by Gasteiger charge is 2.81. The van der Waals surface area contributed by atoms with Crippen LogP contribution in [0, 0.1) is 28.1 Å². The van der Waals surface area contributed by atoms with Gasteiger partial charge in [0.15, 0.2) is 5.41 Å². The van der Waals surface area contributed by atoms with E-state index in [1.165, 1.54) is 14.2 Å². The van der Waals surface area contributed by atoms with Crippen molar-refractivity contribution in [3.63, 3.8) is 0 Å². The van der Waals surface area contributed by atoms with Crippen molar-refractivity contribution in [2.45, 2.75) is 13.8 Å². The molecule has 0 aromatic heterocycles. The number of carbonyl (C=O) groups excluding carboxylic acids is 2. The first-order valence-electron chi connectivity index (χ1n) is 4.47. The van der Waals surface area contributed by atoms with Gasteiger partial charge in [0.2, 0.25) is 0 Å². The van der Waals surface area contributed by atoms with Gasteiger partial charge >= 0.3 is 11.9 Å². The molecule has 5 nitrogen and oxygen atoms in total. The fourth-order valence-corrected chi connectivity index (χ4v) is 2.15. The summed E-state index contributed by atoms with van der Waals surface area (Å²) in [6.45, 7) is 3.35. The molecule has 82 valence electrons. The fourth-order valence-electron chi connectivity index (χ4n) is 2.15. The normalized spacial score (nSPS) is 31.3. The Morgan fingerprint density at radius 2 is 1.80 bits per heavy atom. The third kappa shape index (κ3) is 1.14. The monoisotopic (exact) mass is 211 g/mol. The number of nitrogens with zero attached hydrogens (tertiary/aromatic N) is 1. The minimum absolute atomic E-state index is 0.549. The average molecular weight is 211 g/mol. The predicted octanol–water partition coefficient (Wildman–Crippen LogP) is 0.498. The maximum Gasteiger partial charge on any atom is 0.327 e. The molecule has 1 aliphatic rings. The molecule has 15 heavy (non-hydrogen) atoms. The van der Waals surface area contributed by atoms with Crippen LogP contribution in [0.25, 0.3) is 0 Å². The molecule has 0 amide bonds. The van der Waals surface area contributed by atoms with Gasteiger partial charge in [-0.1, -0.05) is 13.8 Å². The largest absolute Gasteiger partial charge is 0.469 e. The third-order valence-corrected chi connectivity index (χ3v) is 3.21. The summed E-state index contributed by atoms with van der Waals surface area (Å²) < 4.78 is 9.12. The van der Waals surface area contributed by atoms with Crippen LogP contribution in [0.1, 0.15) is 13.8 Å². The number of carbonyl (C=O) groups is 2. The number of nitriles is 1. The lowest BCUT2D eigenvalue weighted by Crippen LogP contribution is -2.23. The molecule has 0 aromatic rings. The van der Waals surface area contributed by atoms with Crippen LogP contribution >= 0.6 is 0 Å². The van der Waals surface area contributed by atoms with Gasteiger partial charge in [0.05, 0.1) is 26.2 Å². The number of hydrogen-bond acceptors (Lipinski definition) is 5. The van der Waals surface area contributed by atoms with Crippen LogP contribution in [0.5, 0.6) is 0 Å². The predicted molar refractivity (Wildman–Crippen MR) is 49.3 cm³/mol. The van der Waals surface area contributed by atoms with Crippen molar-refractivity contribution in [1.29, 1.82) is 5.26 Å². The average Bonchev–Trinajstić information content (AvgIpc) is 2.73. The summed E-state index contributed by atoms with van der Waals surface area (Å²) >= 11 is 0. The Hall–Kier alpha value is -1.57. The molecule has 0 aliphatic heterocycles. The molecule has 0 heterocycles. The van der Waals surface area contributed by atoms with Crippen LogP contribution in [-0.4, -0.2) is 26.2 Å². The van der Waals surface area contributed by atoms with E-state index in [-0.39, 0.29) is 0 Å². The van der Waals surface area contributed by atoms with Crippen LogP contribution in [0.4, 0.5) is 0 Å². The van der Waals surface area contributed by atoms with Crippen molar-refractivity contribution in [1.82, 2.24) is 0 Å². The van der Waals surface area contributed by atoms with E-state index in [9.17, 15) is 9.59 Å². The highest BCUT2D eigenvalue weighted by molar-refractivity contribution is 5.96. The zero-order valence-corrected chi connectivity index (χ0v) is 9.16. The molecule has 0 bridgehead atoms. The first kappa shape index (κ1) is 11.5. The number of hydrogen-bond donors (Lipinski definition) is 0. The molecule has 0 aromatic carbocycles. The van der Waals surface area contributed by atoms with Crippen molar-refractivity contribution < 1.29 is 19.1 Å². The number of rotatable bonds is 2. The molecular weight excluding hydrogens is 198 g/mol. The summed E-state index contributed by atoms with van der Waals surface area (Å²) in [5, 5.41) is 9.05. The van der Waals surface area contributed by atoms with Crippen LogP contribution in [0.3, 0.4) is 0 Å². The van der Waals surface area contributed by atoms with Crippen LogP contribution < -0.4 is 0 Å². The molecule has 0 radical (unpaired) electrons. The smallest absolute Gasteiger partial charge is 0.327 e. The Bertz CT molecular complexity index is 355. The Kier molecular flexibility index (Phi) is 2.48. The van der Waals surface area contributed by atoms with Crippen LogP contribution in [-0.2, 0) is 19.1 Å². The Morgan fingerprint density at radius 3 is 2.13 bits per heavy atom. The lowest BCUT2D eigenvalue weighted by molar-refractivity contribution is -0.150. The Morgan fingerprint density at radius 1 is 1.27 bits per heavy atom. The van der Waals surface area contributed by atoms with Gasteiger partial charge in [-0.25, -0.2) is 0 Å². The topological polar surface area (TPSA) is 76.4 Å². The van der Waals surface area contributed by atoms with Gasteiger partial charge < -0.3 is 9.47 Å². The van der Waals surface area contributed by atoms with E-state index >= 15 is 0 Å². The molecular formula is C10H13NO4. The van der Waals surface area contributed by atoms with Gasteiger partial charge in [-0.3, -0.25) is 9.59 Å². The highest BCUT2D eigenvalue weighted by Crippen LogP contribution is 2.69. The van der Waals surface area contributed by atoms with E-state index < -0.39 is 28.7 Å². The van der Waals surface area contributed by atoms with Crippen LogP contribution in [0.2, 0.25) is 0 Å². The van der Waals surface area contributed by atoms with E-state index in [1.54, 1.807) is 13.8 Å². The molecule has 0 spiro atoms. The summed E-state index contributed by atoms with van der Waals surface area (Å²) in [4.78, 5) is 22.9. The van der Waals surface area contributed by atoms with Gasteiger partial charge in [-0.15, -0.1) is 0 Å². The van der Waals surface area contributed by atoms with Crippen molar-refractivity contribution in [2.75, 3.05) is 14.2 Å². The van der Waals surface area contributed by atoms with Crippen LogP contribution in [0.15, 0.2) is 0 Å². The first-order valence-corrected chi connectivity index (χ1v) is 4.47. The van der Waals surface area contributed by atoms with Gasteiger partial charge in [-0.05, 0) is 0 Å². The second-order valence-electron chi connectivity index (χ2n) is 4.09. The van der Waals surface area contributed by atoms with E-state index in [1.807, 2.05) is 6.07 Å². The lowest BCUT2D eigenvalue weighted by Gasteiger charge is -2.07. The molecule has 1 aliphatic carbocycles. The molecule has 5 heteroatoms. The van der Waals surface area contributed by atoms with Gasteiger partial charge in [0, 0.05) is 5.41 Å². The molecule has 2 atom stereocenters. The third-order valence-electron chi connectivity index (χ3n) is 3.21. The van der Waals surface area contributed by atoms with Crippen molar-refractivity contribution in [3.05, 3.63) is 0 Å². The Labute approximate surface area is 88.0 Å². The number of ether oxygens (including phenoxy) is 2. The standard InChI is InChI=1S/C10H13NO4/c1-9(2)6(7(12)14-3)10(9,5-11)8(13)15-4/h6H,1-4H3/t6-,10-/m1/s1. The Balaban J connectivity index is 3.11. The molecule has 1 rings (SSSR count). The van der Waals surface area contributed by atoms with Crippen molar-refractivity contribution >= 4 is 11.9 Å². The van der Waals surface area contributed by atoms with Gasteiger partial charge in [-0.2, -0.15) is 5.26 Å². The fraction of sp³-hybridized carbons (Fsp3) is 0.700. The van der Waals surface area contributed by atoms with Crippen molar-refractivity contribution in [2.24, 2.45) is 16.7 Å². The second-order valence-corrected chi connectivity index (χ2v) is 4.09. The van der Waals surface area contributed by atoms with E-state index in [0.717, 1.165) is 0 Å². The minimum atomic E-state index is -1.39. The van der Waals surface area contributed by atoms with Gasteiger partial charge in [0.1, 0.15) is 0 Å². The SMILES string of the molecule is COC(=O)[C@@H]1C(C)(C)[C@@]1(C#N)C(=O)OC. The lowest BCUT2D eigenvalue weighted by atomic mass is 9.98. The maximum atomic E-state index is 11.5.